The molecule has 4 aliphatic rings. The van der Waals surface area contributed by atoms with Crippen molar-refractivity contribution < 1.29 is 14.3 Å². The number of ether oxygens (including phenoxy) is 1. The van der Waals surface area contributed by atoms with E-state index >= 15 is 0 Å². The van der Waals surface area contributed by atoms with Gasteiger partial charge in [0.25, 0.3) is 5.91 Å². The Balaban J connectivity index is 1.19. The number of nitrogens with one attached hydrogen (secondary N) is 1. The molecule has 1 saturated carbocycles. The van der Waals surface area contributed by atoms with Crippen molar-refractivity contribution in [2.24, 2.45) is 0 Å². The van der Waals surface area contributed by atoms with Crippen LogP contribution in [0.1, 0.15) is 74.4 Å². The predicted molar refractivity (Wildman–Crippen MR) is 151 cm³/mol. The summed E-state index contributed by atoms with van der Waals surface area (Å²) < 4.78 is 5.54. The minimum Gasteiger partial charge on any atom is -0.444 e. The molecule has 6 nitrogen and oxygen atoms in total. The molecule has 3 aliphatic carbocycles. The van der Waals surface area contributed by atoms with Crippen molar-refractivity contribution >= 4 is 28.8 Å². The number of piperazine rings is 1. The van der Waals surface area contributed by atoms with Crippen LogP contribution in [0.4, 0.5) is 10.5 Å². The second-order valence-electron chi connectivity index (χ2n) is 12.4. The molecule has 1 aliphatic heterocycles. The van der Waals surface area contributed by atoms with Gasteiger partial charge >= 0.3 is 6.09 Å². The van der Waals surface area contributed by atoms with Gasteiger partial charge in [0.15, 0.2) is 0 Å². The van der Waals surface area contributed by atoms with E-state index in [1.54, 1.807) is 10.5 Å². The Labute approximate surface area is 225 Å². The number of benzene rings is 2. The standard InChI is InChI=1S/C32H39N3O3/c1-21-8-12-24(34-16-18-35(19-17-34)30(37)38-31(2,3)4)20-26(21)29(36)33-32(14-15-32)27-13-11-23-10-9-22-6-5-7-25(27)28(22)23/h5-8,12,20H,9-11,13-19H2,1-4H3,(H,33,36). The summed E-state index contributed by atoms with van der Waals surface area (Å²) in [6.45, 7) is 10.3. The Morgan fingerprint density at radius 3 is 2.39 bits per heavy atom. The Morgan fingerprint density at radius 1 is 0.947 bits per heavy atom. The molecular weight excluding hydrogens is 474 g/mol. The first-order chi connectivity index (χ1) is 18.1. The average Bonchev–Trinajstić information content (AvgIpc) is 3.54. The van der Waals surface area contributed by atoms with Crippen molar-refractivity contribution in [2.45, 2.75) is 77.4 Å². The van der Waals surface area contributed by atoms with Gasteiger partial charge in [-0.1, -0.05) is 29.8 Å². The number of rotatable bonds is 4. The number of carbonyl (C=O) groups is 2. The predicted octanol–water partition coefficient (Wildman–Crippen LogP) is 4.06. The lowest BCUT2D eigenvalue weighted by atomic mass is 9.88. The lowest BCUT2D eigenvalue weighted by Gasteiger charge is -2.37. The van der Waals surface area contributed by atoms with Crippen LogP contribution in [0.2, 0.25) is 0 Å². The van der Waals surface area contributed by atoms with Crippen LogP contribution >= 0.6 is 0 Å². The van der Waals surface area contributed by atoms with Crippen molar-refractivity contribution in [3.8, 4) is 0 Å². The van der Waals surface area contributed by atoms with Gasteiger partial charge < -0.3 is 19.9 Å². The fraction of sp³-hybridized carbons (Fsp3) is 0.500. The fourth-order valence-electron chi connectivity index (χ4n) is 6.48. The molecule has 2 aromatic carbocycles. The molecule has 1 heterocycles. The van der Waals surface area contributed by atoms with E-state index in [0.29, 0.717) is 26.2 Å². The summed E-state index contributed by atoms with van der Waals surface area (Å²) in [6.07, 6.45) is 6.29. The molecule has 0 radical (unpaired) electrons. The number of carbonyl (C=O) groups excluding carboxylic acids is 2. The van der Waals surface area contributed by atoms with Crippen LogP contribution in [-0.2, 0) is 11.2 Å². The van der Waals surface area contributed by atoms with Gasteiger partial charge in [-0.25, -0.2) is 4.79 Å². The Morgan fingerprint density at radius 2 is 1.68 bits per heavy atom. The first-order valence-electron chi connectivity index (χ1n) is 14.1. The number of hydrogen-bond donors (Lipinski definition) is 1. The number of amides is 2. The van der Waals surface area contributed by atoms with Gasteiger partial charge in [0.2, 0.25) is 0 Å². The van der Waals surface area contributed by atoms with Gasteiger partial charge in [-0.15, -0.1) is 0 Å². The minimum atomic E-state index is -0.497. The van der Waals surface area contributed by atoms with E-state index in [4.69, 9.17) is 4.74 Å². The van der Waals surface area contributed by atoms with E-state index in [1.807, 2.05) is 39.8 Å². The SMILES string of the molecule is Cc1ccc(N2CCN(C(=O)OC(C)(C)C)CC2)cc1C(=O)NC1(C2=c3cccc4c3=C(CC2)CC4)CC1. The summed E-state index contributed by atoms with van der Waals surface area (Å²) in [7, 11) is 0. The minimum absolute atomic E-state index is 0.0177. The smallest absolute Gasteiger partial charge is 0.410 e. The van der Waals surface area contributed by atoms with E-state index in [2.05, 4.69) is 34.5 Å². The summed E-state index contributed by atoms with van der Waals surface area (Å²) >= 11 is 0. The van der Waals surface area contributed by atoms with Crippen LogP contribution in [0, 0.1) is 6.92 Å². The van der Waals surface area contributed by atoms with Crippen molar-refractivity contribution in [1.82, 2.24) is 10.2 Å². The zero-order valence-electron chi connectivity index (χ0n) is 23.2. The molecule has 2 fully saturated rings. The van der Waals surface area contributed by atoms with Crippen LogP contribution < -0.4 is 20.7 Å². The third-order valence-corrected chi connectivity index (χ3v) is 8.65. The van der Waals surface area contributed by atoms with Crippen LogP contribution in [0.3, 0.4) is 0 Å². The summed E-state index contributed by atoms with van der Waals surface area (Å²) in [5.74, 6) is 0.0177. The van der Waals surface area contributed by atoms with Crippen LogP contribution in [-0.4, -0.2) is 54.2 Å². The monoisotopic (exact) mass is 513 g/mol. The lowest BCUT2D eigenvalue weighted by molar-refractivity contribution is 0.0240. The number of nitrogens with zero attached hydrogens (tertiary/aromatic N) is 2. The van der Waals surface area contributed by atoms with Gasteiger partial charge in [0, 0.05) is 37.4 Å². The van der Waals surface area contributed by atoms with Gasteiger partial charge in [-0.05, 0) is 105 Å². The van der Waals surface area contributed by atoms with Crippen molar-refractivity contribution in [1.29, 1.82) is 0 Å². The molecule has 0 spiro atoms. The number of anilines is 1. The molecule has 1 saturated heterocycles. The molecule has 2 aromatic rings. The van der Waals surface area contributed by atoms with Crippen LogP contribution in [0.15, 0.2) is 36.4 Å². The Hall–Kier alpha value is -3.28. The number of hydrogen-bond acceptors (Lipinski definition) is 4. The van der Waals surface area contributed by atoms with E-state index in [1.165, 1.54) is 28.0 Å². The van der Waals surface area contributed by atoms with Crippen molar-refractivity contribution in [3.63, 3.8) is 0 Å². The molecule has 0 unspecified atom stereocenters. The second kappa shape index (κ2) is 9.18. The zero-order chi connectivity index (χ0) is 26.7. The summed E-state index contributed by atoms with van der Waals surface area (Å²) in [5, 5.41) is 6.36. The summed E-state index contributed by atoms with van der Waals surface area (Å²) in [4.78, 5) is 30.2. The molecule has 0 aromatic heterocycles. The largest absolute Gasteiger partial charge is 0.444 e. The van der Waals surface area contributed by atoms with E-state index < -0.39 is 5.60 Å². The third kappa shape index (κ3) is 4.59. The van der Waals surface area contributed by atoms with Crippen molar-refractivity contribution in [3.05, 3.63) is 63.5 Å². The molecule has 6 rings (SSSR count). The molecule has 200 valence electrons. The van der Waals surface area contributed by atoms with E-state index in [9.17, 15) is 9.59 Å². The molecule has 2 amide bonds. The highest BCUT2D eigenvalue weighted by Crippen LogP contribution is 2.46. The molecule has 0 atom stereocenters. The maximum absolute atomic E-state index is 13.7. The first-order valence-corrected chi connectivity index (χ1v) is 14.1. The van der Waals surface area contributed by atoms with Gasteiger partial charge in [-0.2, -0.15) is 0 Å². The average molecular weight is 514 g/mol. The number of aryl methyl sites for hydroxylation is 2. The third-order valence-electron chi connectivity index (χ3n) is 8.65. The van der Waals surface area contributed by atoms with E-state index in [-0.39, 0.29) is 17.5 Å². The molecule has 0 bridgehead atoms. The second-order valence-corrected chi connectivity index (χ2v) is 12.4. The molecule has 1 N–H and O–H groups in total. The lowest BCUT2D eigenvalue weighted by Crippen LogP contribution is -2.50. The zero-order valence-corrected chi connectivity index (χ0v) is 23.2. The van der Waals surface area contributed by atoms with E-state index in [0.717, 1.165) is 48.9 Å². The normalized spacial score (nSPS) is 19.8. The summed E-state index contributed by atoms with van der Waals surface area (Å²) in [5.41, 5.74) is 6.57. The maximum Gasteiger partial charge on any atom is 0.410 e. The summed E-state index contributed by atoms with van der Waals surface area (Å²) in [6, 6.07) is 12.9. The maximum atomic E-state index is 13.7. The Bertz CT molecular complexity index is 1420. The Kier molecular flexibility index (Phi) is 6.04. The first kappa shape index (κ1) is 25.0. The molecule has 38 heavy (non-hydrogen) atoms. The quantitative estimate of drug-likeness (QED) is 0.670. The highest BCUT2D eigenvalue weighted by atomic mass is 16.6. The fourth-order valence-corrected chi connectivity index (χ4v) is 6.48. The van der Waals surface area contributed by atoms with Gasteiger partial charge in [0.1, 0.15) is 5.60 Å². The van der Waals surface area contributed by atoms with Gasteiger partial charge in [-0.3, -0.25) is 4.79 Å². The van der Waals surface area contributed by atoms with Crippen molar-refractivity contribution in [2.75, 3.05) is 31.1 Å². The highest BCUT2D eigenvalue weighted by Gasteiger charge is 2.48. The topological polar surface area (TPSA) is 61.9 Å². The molecular formula is C32H39N3O3. The molecule has 6 heteroatoms. The van der Waals surface area contributed by atoms with Crippen LogP contribution in [0.5, 0.6) is 0 Å². The van der Waals surface area contributed by atoms with Crippen LogP contribution in [0.25, 0.3) is 11.1 Å². The van der Waals surface area contributed by atoms with Gasteiger partial charge in [0.05, 0.1) is 5.54 Å². The highest BCUT2D eigenvalue weighted by molar-refractivity contribution is 5.98.